The van der Waals surface area contributed by atoms with Crippen molar-refractivity contribution in [2.75, 3.05) is 20.8 Å². The van der Waals surface area contributed by atoms with Crippen LogP contribution in [-0.2, 0) is 11.3 Å². The zero-order chi connectivity index (χ0) is 13.7. The molecule has 1 N–H and O–H groups in total. The van der Waals surface area contributed by atoms with Gasteiger partial charge in [-0.2, -0.15) is 0 Å². The van der Waals surface area contributed by atoms with Crippen LogP contribution in [0.4, 0.5) is 0 Å². The average Bonchev–Trinajstić information content (AvgIpc) is 2.83. The fourth-order valence-corrected chi connectivity index (χ4v) is 2.34. The van der Waals surface area contributed by atoms with Gasteiger partial charge in [0.1, 0.15) is 18.1 Å². The van der Waals surface area contributed by atoms with E-state index in [9.17, 15) is 0 Å². The van der Waals surface area contributed by atoms with Gasteiger partial charge < -0.3 is 19.5 Å². The first-order valence-electron chi connectivity index (χ1n) is 6.82. The Morgan fingerprint density at radius 2 is 2.21 bits per heavy atom. The van der Waals surface area contributed by atoms with E-state index in [1.165, 1.54) is 0 Å². The van der Waals surface area contributed by atoms with Crippen molar-refractivity contribution < 1.29 is 14.2 Å². The Labute approximate surface area is 115 Å². The van der Waals surface area contributed by atoms with Gasteiger partial charge in [0.05, 0.1) is 19.3 Å². The van der Waals surface area contributed by atoms with Gasteiger partial charge in [-0.3, -0.25) is 0 Å². The standard InChI is InChI=1S/C15H23NO3/c1-11-4-5-14(19-11)10-18-15-7-6-13(17-3)8-12(15)9-16-2/h6-8,11,14,16H,4-5,9-10H2,1-3H3. The molecule has 0 saturated carbocycles. The normalized spacial score (nSPS) is 22.5. The molecule has 2 unspecified atom stereocenters. The molecule has 1 aromatic carbocycles. The van der Waals surface area contributed by atoms with E-state index in [-0.39, 0.29) is 6.10 Å². The molecule has 2 atom stereocenters. The van der Waals surface area contributed by atoms with Gasteiger partial charge in [-0.25, -0.2) is 0 Å². The Kier molecular flexibility index (Phi) is 5.05. The van der Waals surface area contributed by atoms with Crippen molar-refractivity contribution in [3.63, 3.8) is 0 Å². The molecule has 2 rings (SSSR count). The molecule has 0 aliphatic carbocycles. The van der Waals surface area contributed by atoms with E-state index in [2.05, 4.69) is 12.2 Å². The summed E-state index contributed by atoms with van der Waals surface area (Å²) in [5, 5.41) is 3.14. The minimum atomic E-state index is 0.222. The van der Waals surface area contributed by atoms with Crippen molar-refractivity contribution in [1.29, 1.82) is 0 Å². The van der Waals surface area contributed by atoms with Crippen LogP contribution in [-0.4, -0.2) is 33.0 Å². The maximum atomic E-state index is 5.90. The molecule has 106 valence electrons. The third kappa shape index (κ3) is 3.85. The summed E-state index contributed by atoms with van der Waals surface area (Å²) < 4.78 is 16.9. The van der Waals surface area contributed by atoms with Crippen LogP contribution < -0.4 is 14.8 Å². The monoisotopic (exact) mass is 265 g/mol. The molecule has 0 aromatic heterocycles. The van der Waals surface area contributed by atoms with Gasteiger partial charge in [0.2, 0.25) is 0 Å². The summed E-state index contributed by atoms with van der Waals surface area (Å²) in [6, 6.07) is 5.89. The zero-order valence-corrected chi connectivity index (χ0v) is 11.9. The summed E-state index contributed by atoms with van der Waals surface area (Å²) in [7, 11) is 3.60. The third-order valence-electron chi connectivity index (χ3n) is 3.38. The maximum Gasteiger partial charge on any atom is 0.124 e. The van der Waals surface area contributed by atoms with E-state index < -0.39 is 0 Å². The topological polar surface area (TPSA) is 39.7 Å². The number of rotatable bonds is 6. The summed E-state index contributed by atoms with van der Waals surface area (Å²) >= 11 is 0. The molecule has 0 spiro atoms. The van der Waals surface area contributed by atoms with Gasteiger partial charge in [-0.05, 0) is 45.0 Å². The fourth-order valence-electron chi connectivity index (χ4n) is 2.34. The first kappa shape index (κ1) is 14.2. The second kappa shape index (κ2) is 6.78. The van der Waals surface area contributed by atoms with Gasteiger partial charge in [0.15, 0.2) is 0 Å². The lowest BCUT2D eigenvalue weighted by atomic mass is 10.2. The molecule has 0 radical (unpaired) electrons. The maximum absolute atomic E-state index is 5.90. The van der Waals surface area contributed by atoms with E-state index in [0.717, 1.165) is 36.4 Å². The quantitative estimate of drug-likeness (QED) is 0.857. The first-order chi connectivity index (χ1) is 9.22. The summed E-state index contributed by atoms with van der Waals surface area (Å²) in [5.74, 6) is 1.75. The van der Waals surface area contributed by atoms with E-state index in [4.69, 9.17) is 14.2 Å². The van der Waals surface area contributed by atoms with E-state index in [1.54, 1.807) is 7.11 Å². The lowest BCUT2D eigenvalue weighted by Gasteiger charge is -2.16. The van der Waals surface area contributed by atoms with Crippen molar-refractivity contribution in [2.45, 2.75) is 38.5 Å². The molecular weight excluding hydrogens is 242 g/mol. The van der Waals surface area contributed by atoms with E-state index in [1.807, 2.05) is 25.2 Å². The van der Waals surface area contributed by atoms with Gasteiger partial charge in [0, 0.05) is 12.1 Å². The molecule has 4 heteroatoms. The highest BCUT2D eigenvalue weighted by molar-refractivity contribution is 5.40. The third-order valence-corrected chi connectivity index (χ3v) is 3.38. The Morgan fingerprint density at radius 3 is 2.84 bits per heavy atom. The molecule has 0 bridgehead atoms. The van der Waals surface area contributed by atoms with Crippen LogP contribution in [0.25, 0.3) is 0 Å². The molecule has 1 aromatic rings. The van der Waals surface area contributed by atoms with Crippen LogP contribution >= 0.6 is 0 Å². The lowest BCUT2D eigenvalue weighted by Crippen LogP contribution is -2.19. The van der Waals surface area contributed by atoms with Crippen LogP contribution in [0.2, 0.25) is 0 Å². The summed E-state index contributed by atoms with van der Waals surface area (Å²) in [5.41, 5.74) is 1.10. The number of hydrogen-bond acceptors (Lipinski definition) is 4. The molecule has 1 aliphatic heterocycles. The van der Waals surface area contributed by atoms with Crippen LogP contribution in [0.3, 0.4) is 0 Å². The fraction of sp³-hybridized carbons (Fsp3) is 0.600. The first-order valence-corrected chi connectivity index (χ1v) is 6.82. The summed E-state index contributed by atoms with van der Waals surface area (Å²) in [4.78, 5) is 0. The highest BCUT2D eigenvalue weighted by Crippen LogP contribution is 2.26. The van der Waals surface area contributed by atoms with Crippen molar-refractivity contribution in [1.82, 2.24) is 5.32 Å². The SMILES string of the molecule is CNCc1cc(OC)ccc1OCC1CCC(C)O1. The van der Waals surface area contributed by atoms with Crippen molar-refractivity contribution in [3.05, 3.63) is 23.8 Å². The lowest BCUT2D eigenvalue weighted by molar-refractivity contribution is 0.0262. The minimum Gasteiger partial charge on any atom is -0.497 e. The second-order valence-corrected chi connectivity index (χ2v) is 4.96. The largest absolute Gasteiger partial charge is 0.497 e. The smallest absolute Gasteiger partial charge is 0.124 e. The molecular formula is C15H23NO3. The molecule has 1 fully saturated rings. The molecule has 4 nitrogen and oxygen atoms in total. The van der Waals surface area contributed by atoms with E-state index >= 15 is 0 Å². The van der Waals surface area contributed by atoms with Gasteiger partial charge in [-0.15, -0.1) is 0 Å². The molecule has 0 amide bonds. The second-order valence-electron chi connectivity index (χ2n) is 4.96. The predicted molar refractivity (Wildman–Crippen MR) is 74.8 cm³/mol. The number of hydrogen-bond donors (Lipinski definition) is 1. The highest BCUT2D eigenvalue weighted by Gasteiger charge is 2.22. The molecule has 19 heavy (non-hydrogen) atoms. The predicted octanol–water partition coefficient (Wildman–Crippen LogP) is 2.36. The molecule has 1 heterocycles. The van der Waals surface area contributed by atoms with Crippen LogP contribution in [0, 0.1) is 0 Å². The Bertz CT molecular complexity index is 408. The Hall–Kier alpha value is -1.26. The Morgan fingerprint density at radius 1 is 1.37 bits per heavy atom. The van der Waals surface area contributed by atoms with Crippen molar-refractivity contribution in [2.24, 2.45) is 0 Å². The molecule has 1 aliphatic rings. The average molecular weight is 265 g/mol. The zero-order valence-electron chi connectivity index (χ0n) is 11.9. The molecule has 1 saturated heterocycles. The van der Waals surface area contributed by atoms with Crippen molar-refractivity contribution >= 4 is 0 Å². The van der Waals surface area contributed by atoms with Gasteiger partial charge in [0.25, 0.3) is 0 Å². The minimum absolute atomic E-state index is 0.222. The van der Waals surface area contributed by atoms with Crippen LogP contribution in [0.5, 0.6) is 11.5 Å². The van der Waals surface area contributed by atoms with Crippen LogP contribution in [0.1, 0.15) is 25.3 Å². The van der Waals surface area contributed by atoms with E-state index in [0.29, 0.717) is 12.7 Å². The Balaban J connectivity index is 1.98. The number of nitrogens with one attached hydrogen (secondary N) is 1. The van der Waals surface area contributed by atoms with Gasteiger partial charge >= 0.3 is 0 Å². The number of benzene rings is 1. The number of methoxy groups -OCH3 is 1. The van der Waals surface area contributed by atoms with Gasteiger partial charge in [-0.1, -0.05) is 0 Å². The number of ether oxygens (including phenoxy) is 3. The van der Waals surface area contributed by atoms with Crippen molar-refractivity contribution in [3.8, 4) is 11.5 Å². The van der Waals surface area contributed by atoms with Crippen LogP contribution in [0.15, 0.2) is 18.2 Å². The summed E-state index contributed by atoms with van der Waals surface area (Å²) in [6.07, 6.45) is 2.79. The highest BCUT2D eigenvalue weighted by atomic mass is 16.5. The summed E-state index contributed by atoms with van der Waals surface area (Å²) in [6.45, 7) is 3.49.